The second-order valence-corrected chi connectivity index (χ2v) is 6.74. The molecule has 0 aliphatic rings. The molecule has 2 aromatic rings. The highest BCUT2D eigenvalue weighted by atomic mass is 35.5. The van der Waals surface area contributed by atoms with Crippen LogP contribution >= 0.6 is 34.8 Å². The van der Waals surface area contributed by atoms with Crippen molar-refractivity contribution in [3.8, 4) is 0 Å². The number of carbonyl (C=O) groups excluding carboxylic acids is 2. The zero-order valence-corrected chi connectivity index (χ0v) is 15.7. The van der Waals surface area contributed by atoms with Gasteiger partial charge < -0.3 is 15.5 Å². The molecule has 5 nitrogen and oxygen atoms in total. The maximum absolute atomic E-state index is 12.1. The van der Waals surface area contributed by atoms with Crippen LogP contribution in [0.1, 0.15) is 0 Å². The van der Waals surface area contributed by atoms with Gasteiger partial charge in [0.2, 0.25) is 0 Å². The van der Waals surface area contributed by atoms with Crippen molar-refractivity contribution in [2.24, 2.45) is 0 Å². The molecule has 2 amide bonds. The average molecular weight is 402 g/mol. The van der Waals surface area contributed by atoms with E-state index < -0.39 is 0 Å². The molecule has 0 aromatic heterocycles. The lowest BCUT2D eigenvalue weighted by molar-refractivity contribution is -0.862. The lowest BCUT2D eigenvalue weighted by Crippen LogP contribution is -3.11. The van der Waals surface area contributed by atoms with Crippen molar-refractivity contribution in [2.75, 3.05) is 30.8 Å². The molecule has 2 rings (SSSR count). The summed E-state index contributed by atoms with van der Waals surface area (Å²) >= 11 is 17.7. The predicted octanol–water partition coefficient (Wildman–Crippen LogP) is 2.74. The highest BCUT2D eigenvalue weighted by Gasteiger charge is 2.16. The number of halogens is 3. The lowest BCUT2D eigenvalue weighted by Gasteiger charge is -2.14. The molecule has 0 radical (unpaired) electrons. The molecule has 8 heteroatoms. The van der Waals surface area contributed by atoms with Gasteiger partial charge in [0, 0.05) is 10.7 Å². The Kier molecular flexibility index (Phi) is 7.08. The van der Waals surface area contributed by atoms with E-state index in [0.29, 0.717) is 21.4 Å². The second kappa shape index (κ2) is 9.06. The fourth-order valence-electron chi connectivity index (χ4n) is 2.14. The van der Waals surface area contributed by atoms with Gasteiger partial charge in [0.25, 0.3) is 11.8 Å². The smallest absolute Gasteiger partial charge is 0.279 e. The molecule has 0 aliphatic heterocycles. The molecule has 132 valence electrons. The minimum Gasteiger partial charge on any atom is -0.322 e. The fourth-order valence-corrected chi connectivity index (χ4v) is 2.62. The van der Waals surface area contributed by atoms with Gasteiger partial charge in [0.15, 0.2) is 13.1 Å². The van der Waals surface area contributed by atoms with Gasteiger partial charge >= 0.3 is 0 Å². The highest BCUT2D eigenvalue weighted by Crippen LogP contribution is 2.29. The Morgan fingerprint density at radius 1 is 0.920 bits per heavy atom. The van der Waals surface area contributed by atoms with Crippen LogP contribution in [0.2, 0.25) is 15.1 Å². The third kappa shape index (κ3) is 6.21. The SMILES string of the molecule is C[NH+](CC(=O)Nc1ccc(Cl)cc1)CC(=O)Nc1cccc(Cl)c1Cl. The molecule has 1 unspecified atom stereocenters. The van der Waals surface area contributed by atoms with E-state index in [9.17, 15) is 9.59 Å². The van der Waals surface area contributed by atoms with E-state index in [2.05, 4.69) is 10.6 Å². The van der Waals surface area contributed by atoms with Crippen LogP contribution in [0.3, 0.4) is 0 Å². The van der Waals surface area contributed by atoms with Crippen molar-refractivity contribution in [2.45, 2.75) is 0 Å². The number of amides is 2. The first-order valence-corrected chi connectivity index (χ1v) is 8.59. The summed E-state index contributed by atoms with van der Waals surface area (Å²) < 4.78 is 0. The number of rotatable bonds is 6. The number of hydrogen-bond acceptors (Lipinski definition) is 2. The third-order valence-electron chi connectivity index (χ3n) is 3.28. The van der Waals surface area contributed by atoms with Crippen molar-refractivity contribution in [1.29, 1.82) is 0 Å². The van der Waals surface area contributed by atoms with Gasteiger partial charge in [0.1, 0.15) is 0 Å². The van der Waals surface area contributed by atoms with Crippen LogP contribution in [-0.4, -0.2) is 32.0 Å². The minimum absolute atomic E-state index is 0.108. The number of likely N-dealkylation sites (N-methyl/N-ethyl adjacent to an activating group) is 1. The largest absolute Gasteiger partial charge is 0.322 e. The lowest BCUT2D eigenvalue weighted by atomic mass is 10.3. The van der Waals surface area contributed by atoms with Crippen LogP contribution in [-0.2, 0) is 9.59 Å². The van der Waals surface area contributed by atoms with Crippen LogP contribution in [0.4, 0.5) is 11.4 Å². The fraction of sp³-hybridized carbons (Fsp3) is 0.176. The Hall–Kier alpha value is -1.79. The highest BCUT2D eigenvalue weighted by molar-refractivity contribution is 6.44. The van der Waals surface area contributed by atoms with E-state index in [1.54, 1.807) is 49.5 Å². The van der Waals surface area contributed by atoms with Crippen molar-refractivity contribution < 1.29 is 14.5 Å². The normalized spacial score (nSPS) is 11.7. The standard InChI is InChI=1S/C17H16Cl3N3O2/c1-23(9-15(24)21-12-7-5-11(18)6-8-12)10-16(25)22-14-4-2-3-13(19)17(14)20/h2-8H,9-10H2,1H3,(H,21,24)(H,22,25)/p+1. The van der Waals surface area contributed by atoms with Crippen molar-refractivity contribution >= 4 is 58.0 Å². The summed E-state index contributed by atoms with van der Waals surface area (Å²) in [7, 11) is 1.75. The molecular weight excluding hydrogens is 385 g/mol. The molecule has 0 saturated heterocycles. The van der Waals surface area contributed by atoms with Gasteiger partial charge in [-0.2, -0.15) is 0 Å². The molecule has 1 atom stereocenters. The molecule has 2 aromatic carbocycles. The van der Waals surface area contributed by atoms with E-state index >= 15 is 0 Å². The number of anilines is 2. The number of benzene rings is 2. The van der Waals surface area contributed by atoms with E-state index in [0.717, 1.165) is 4.90 Å². The van der Waals surface area contributed by atoms with Crippen LogP contribution in [0.5, 0.6) is 0 Å². The molecule has 0 bridgehead atoms. The van der Waals surface area contributed by atoms with E-state index in [1.807, 2.05) is 0 Å². The van der Waals surface area contributed by atoms with Gasteiger partial charge in [-0.05, 0) is 36.4 Å². The molecule has 3 N–H and O–H groups in total. The molecule has 0 saturated carbocycles. The monoisotopic (exact) mass is 400 g/mol. The molecule has 0 fully saturated rings. The first-order valence-electron chi connectivity index (χ1n) is 7.45. The molecular formula is C17H17Cl3N3O2+. The van der Waals surface area contributed by atoms with Crippen LogP contribution in [0, 0.1) is 0 Å². The van der Waals surface area contributed by atoms with Gasteiger partial charge in [0.05, 0.1) is 22.8 Å². The topological polar surface area (TPSA) is 62.6 Å². The van der Waals surface area contributed by atoms with E-state index in [4.69, 9.17) is 34.8 Å². The number of quaternary nitrogens is 1. The Labute approximate surface area is 160 Å². The van der Waals surface area contributed by atoms with E-state index in [-0.39, 0.29) is 29.9 Å². The molecule has 0 heterocycles. The summed E-state index contributed by atoms with van der Waals surface area (Å²) in [6, 6.07) is 11.8. The van der Waals surface area contributed by atoms with Crippen LogP contribution < -0.4 is 15.5 Å². The first kappa shape index (κ1) is 19.5. The van der Waals surface area contributed by atoms with Gasteiger partial charge in [-0.3, -0.25) is 9.59 Å². The summed E-state index contributed by atoms with van der Waals surface area (Å²) in [6.45, 7) is 0.246. The van der Waals surface area contributed by atoms with Gasteiger partial charge in [-0.15, -0.1) is 0 Å². The average Bonchev–Trinajstić information content (AvgIpc) is 2.53. The van der Waals surface area contributed by atoms with Gasteiger partial charge in [-0.1, -0.05) is 40.9 Å². The maximum Gasteiger partial charge on any atom is 0.279 e. The Bertz CT molecular complexity index is 766. The van der Waals surface area contributed by atoms with Crippen molar-refractivity contribution in [3.05, 3.63) is 57.5 Å². The first-order chi connectivity index (χ1) is 11.8. The summed E-state index contributed by atoms with van der Waals surface area (Å²) in [6.07, 6.45) is 0. The van der Waals surface area contributed by atoms with Crippen molar-refractivity contribution in [1.82, 2.24) is 0 Å². The summed E-state index contributed by atoms with van der Waals surface area (Å²) in [4.78, 5) is 24.8. The summed E-state index contributed by atoms with van der Waals surface area (Å²) in [5.74, 6) is -0.464. The summed E-state index contributed by atoms with van der Waals surface area (Å²) in [5, 5.41) is 6.69. The van der Waals surface area contributed by atoms with Gasteiger partial charge in [-0.25, -0.2) is 0 Å². The molecule has 25 heavy (non-hydrogen) atoms. The predicted molar refractivity (Wildman–Crippen MR) is 102 cm³/mol. The van der Waals surface area contributed by atoms with Crippen molar-refractivity contribution in [3.63, 3.8) is 0 Å². The van der Waals surface area contributed by atoms with Crippen LogP contribution in [0.15, 0.2) is 42.5 Å². The minimum atomic E-state index is -0.263. The number of hydrogen-bond donors (Lipinski definition) is 3. The number of nitrogens with one attached hydrogen (secondary N) is 3. The maximum atomic E-state index is 12.1. The molecule has 0 spiro atoms. The van der Waals surface area contributed by atoms with E-state index in [1.165, 1.54) is 0 Å². The quantitative estimate of drug-likeness (QED) is 0.697. The Morgan fingerprint density at radius 2 is 1.52 bits per heavy atom. The Morgan fingerprint density at radius 3 is 2.16 bits per heavy atom. The zero-order chi connectivity index (χ0) is 18.4. The Balaban J connectivity index is 1.83. The molecule has 0 aliphatic carbocycles. The second-order valence-electron chi connectivity index (χ2n) is 5.52. The number of carbonyl (C=O) groups is 2. The zero-order valence-electron chi connectivity index (χ0n) is 13.4. The third-order valence-corrected chi connectivity index (χ3v) is 4.35. The summed E-state index contributed by atoms with van der Waals surface area (Å²) in [5.41, 5.74) is 1.09. The van der Waals surface area contributed by atoms with Crippen LogP contribution in [0.25, 0.3) is 0 Å².